The van der Waals surface area contributed by atoms with Crippen LogP contribution in [0.15, 0.2) is 48.5 Å². The van der Waals surface area contributed by atoms with Gasteiger partial charge in [-0.15, -0.1) is 0 Å². The molecule has 0 aliphatic carbocycles. The van der Waals surface area contributed by atoms with Crippen molar-refractivity contribution >= 4 is 35.0 Å². The standard InChI is InChI=1S/C22H21N3O5/c1-30-18-8-3-2-7-17(18)24-13-15(12-21(24)28)23-22(29)14-5-4-6-16(11-14)25-19(26)9-10-20(25)27/h2-8,11,15H,9-10,12-13H2,1H3,(H,23,29)/t15-/m0/s1. The number of anilines is 2. The number of para-hydroxylation sites is 2. The zero-order valence-corrected chi connectivity index (χ0v) is 16.5. The van der Waals surface area contributed by atoms with Crippen LogP contribution >= 0.6 is 0 Å². The Morgan fingerprint density at radius 3 is 2.47 bits per heavy atom. The van der Waals surface area contributed by atoms with Crippen molar-refractivity contribution < 1.29 is 23.9 Å². The Bertz CT molecular complexity index is 1020. The lowest BCUT2D eigenvalue weighted by molar-refractivity contribution is -0.121. The van der Waals surface area contributed by atoms with E-state index in [0.29, 0.717) is 29.2 Å². The van der Waals surface area contributed by atoms with Crippen molar-refractivity contribution in [3.05, 3.63) is 54.1 Å². The van der Waals surface area contributed by atoms with Crippen LogP contribution < -0.4 is 19.9 Å². The van der Waals surface area contributed by atoms with Gasteiger partial charge in [0.15, 0.2) is 0 Å². The smallest absolute Gasteiger partial charge is 0.251 e. The van der Waals surface area contributed by atoms with Gasteiger partial charge < -0.3 is 15.0 Å². The minimum atomic E-state index is -0.367. The Morgan fingerprint density at radius 2 is 1.73 bits per heavy atom. The molecule has 2 fully saturated rings. The summed E-state index contributed by atoms with van der Waals surface area (Å²) >= 11 is 0. The third-order valence-electron chi connectivity index (χ3n) is 5.25. The third kappa shape index (κ3) is 3.63. The Labute approximate surface area is 173 Å². The Morgan fingerprint density at radius 1 is 1.00 bits per heavy atom. The highest BCUT2D eigenvalue weighted by Gasteiger charge is 2.34. The number of carbonyl (C=O) groups excluding carboxylic acids is 4. The number of hydrogen-bond acceptors (Lipinski definition) is 5. The van der Waals surface area contributed by atoms with Crippen molar-refractivity contribution in [2.45, 2.75) is 25.3 Å². The highest BCUT2D eigenvalue weighted by atomic mass is 16.5. The van der Waals surface area contributed by atoms with Crippen molar-refractivity contribution in [1.29, 1.82) is 0 Å². The molecule has 30 heavy (non-hydrogen) atoms. The second kappa shape index (κ2) is 7.98. The van der Waals surface area contributed by atoms with Crippen molar-refractivity contribution in [3.8, 4) is 5.75 Å². The van der Waals surface area contributed by atoms with Gasteiger partial charge in [-0.2, -0.15) is 0 Å². The summed E-state index contributed by atoms with van der Waals surface area (Å²) in [5.74, 6) is -0.425. The molecule has 4 amide bonds. The number of carbonyl (C=O) groups is 4. The van der Waals surface area contributed by atoms with E-state index in [1.165, 1.54) is 6.07 Å². The number of rotatable bonds is 5. The predicted octanol–water partition coefficient (Wildman–Crippen LogP) is 1.88. The lowest BCUT2D eigenvalue weighted by Gasteiger charge is -2.20. The van der Waals surface area contributed by atoms with Crippen LogP contribution in [0.1, 0.15) is 29.6 Å². The molecule has 2 heterocycles. The summed E-state index contributed by atoms with van der Waals surface area (Å²) in [6, 6.07) is 13.2. The fourth-order valence-electron chi connectivity index (χ4n) is 3.81. The minimum Gasteiger partial charge on any atom is -0.495 e. The van der Waals surface area contributed by atoms with E-state index in [2.05, 4.69) is 5.32 Å². The second-order valence-corrected chi connectivity index (χ2v) is 7.22. The summed E-state index contributed by atoms with van der Waals surface area (Å²) in [6.07, 6.45) is 0.531. The Kier molecular flexibility index (Phi) is 5.22. The first-order valence-electron chi connectivity index (χ1n) is 9.68. The van der Waals surface area contributed by atoms with Gasteiger partial charge in [0.05, 0.1) is 24.5 Å². The molecule has 0 bridgehead atoms. The van der Waals surface area contributed by atoms with E-state index in [0.717, 1.165) is 4.90 Å². The molecule has 1 N–H and O–H groups in total. The molecule has 1 atom stereocenters. The molecule has 2 aromatic carbocycles. The van der Waals surface area contributed by atoms with Crippen molar-refractivity contribution in [1.82, 2.24) is 5.32 Å². The van der Waals surface area contributed by atoms with Gasteiger partial charge in [0, 0.05) is 31.4 Å². The van der Waals surface area contributed by atoms with Crippen LogP contribution in [-0.2, 0) is 14.4 Å². The van der Waals surface area contributed by atoms with E-state index in [9.17, 15) is 19.2 Å². The molecule has 8 nitrogen and oxygen atoms in total. The summed E-state index contributed by atoms with van der Waals surface area (Å²) in [5.41, 5.74) is 1.37. The molecule has 0 spiro atoms. The highest BCUT2D eigenvalue weighted by Crippen LogP contribution is 2.31. The van der Waals surface area contributed by atoms with E-state index >= 15 is 0 Å². The van der Waals surface area contributed by atoms with Crippen LogP contribution in [0.5, 0.6) is 5.75 Å². The number of hydrogen-bond donors (Lipinski definition) is 1. The molecular formula is C22H21N3O5. The molecular weight excluding hydrogens is 386 g/mol. The van der Waals surface area contributed by atoms with E-state index in [1.54, 1.807) is 42.3 Å². The maximum Gasteiger partial charge on any atom is 0.251 e. The average molecular weight is 407 g/mol. The average Bonchev–Trinajstić information content (AvgIpc) is 3.28. The maximum absolute atomic E-state index is 12.7. The quantitative estimate of drug-likeness (QED) is 0.764. The molecule has 2 aliphatic rings. The van der Waals surface area contributed by atoms with Gasteiger partial charge in [0.1, 0.15) is 5.75 Å². The molecule has 0 radical (unpaired) electrons. The Hall–Kier alpha value is -3.68. The SMILES string of the molecule is COc1ccccc1N1C[C@@H](NC(=O)c2cccc(N3C(=O)CCC3=O)c2)CC1=O. The number of benzene rings is 2. The first-order valence-corrected chi connectivity index (χ1v) is 9.68. The van der Waals surface area contributed by atoms with Gasteiger partial charge >= 0.3 is 0 Å². The summed E-state index contributed by atoms with van der Waals surface area (Å²) in [4.78, 5) is 51.9. The highest BCUT2D eigenvalue weighted by molar-refractivity contribution is 6.20. The molecule has 0 unspecified atom stereocenters. The van der Waals surface area contributed by atoms with Crippen molar-refractivity contribution in [3.63, 3.8) is 0 Å². The summed E-state index contributed by atoms with van der Waals surface area (Å²) in [5, 5.41) is 2.87. The zero-order chi connectivity index (χ0) is 21.3. The van der Waals surface area contributed by atoms with E-state index in [4.69, 9.17) is 4.74 Å². The number of nitrogens with one attached hydrogen (secondary N) is 1. The lowest BCUT2D eigenvalue weighted by Crippen LogP contribution is -2.37. The van der Waals surface area contributed by atoms with Gasteiger partial charge in [-0.05, 0) is 30.3 Å². The summed E-state index contributed by atoms with van der Waals surface area (Å²) in [7, 11) is 1.54. The van der Waals surface area contributed by atoms with Crippen LogP contribution in [0.2, 0.25) is 0 Å². The van der Waals surface area contributed by atoms with Crippen LogP contribution in [0.4, 0.5) is 11.4 Å². The van der Waals surface area contributed by atoms with Gasteiger partial charge in [-0.1, -0.05) is 18.2 Å². The van der Waals surface area contributed by atoms with Crippen LogP contribution in [0.25, 0.3) is 0 Å². The topological polar surface area (TPSA) is 96.0 Å². The molecule has 0 aromatic heterocycles. The molecule has 8 heteroatoms. The van der Waals surface area contributed by atoms with Gasteiger partial charge in [-0.3, -0.25) is 24.1 Å². The molecule has 2 saturated heterocycles. The van der Waals surface area contributed by atoms with Crippen LogP contribution in [0, 0.1) is 0 Å². The normalized spacial score (nSPS) is 18.8. The predicted molar refractivity (Wildman–Crippen MR) is 109 cm³/mol. The number of ether oxygens (including phenoxy) is 1. The molecule has 2 aromatic rings. The number of methoxy groups -OCH3 is 1. The Balaban J connectivity index is 1.47. The monoisotopic (exact) mass is 407 g/mol. The molecule has 0 saturated carbocycles. The first-order chi connectivity index (χ1) is 14.5. The molecule has 2 aliphatic heterocycles. The van der Waals surface area contributed by atoms with Crippen LogP contribution in [0.3, 0.4) is 0 Å². The fourth-order valence-corrected chi connectivity index (χ4v) is 3.81. The lowest BCUT2D eigenvalue weighted by atomic mass is 10.1. The second-order valence-electron chi connectivity index (χ2n) is 7.22. The largest absolute Gasteiger partial charge is 0.495 e. The van der Waals surface area contributed by atoms with E-state index in [1.807, 2.05) is 12.1 Å². The zero-order valence-electron chi connectivity index (χ0n) is 16.5. The molecule has 154 valence electrons. The third-order valence-corrected chi connectivity index (χ3v) is 5.25. The molecule has 4 rings (SSSR count). The van der Waals surface area contributed by atoms with Gasteiger partial charge in [-0.25, -0.2) is 0 Å². The van der Waals surface area contributed by atoms with Gasteiger partial charge in [0.25, 0.3) is 5.91 Å². The van der Waals surface area contributed by atoms with E-state index < -0.39 is 0 Å². The van der Waals surface area contributed by atoms with Gasteiger partial charge in [0.2, 0.25) is 17.7 Å². The minimum absolute atomic E-state index is 0.105. The first kappa shape index (κ1) is 19.6. The fraction of sp³-hybridized carbons (Fsp3) is 0.273. The summed E-state index contributed by atoms with van der Waals surface area (Å²) in [6.45, 7) is 0.327. The van der Waals surface area contributed by atoms with Crippen LogP contribution in [-0.4, -0.2) is 43.3 Å². The number of imide groups is 1. The number of nitrogens with zero attached hydrogens (tertiary/aromatic N) is 2. The number of amides is 4. The van der Waals surface area contributed by atoms with Crippen molar-refractivity contribution in [2.75, 3.05) is 23.5 Å². The van der Waals surface area contributed by atoms with E-state index in [-0.39, 0.29) is 48.9 Å². The van der Waals surface area contributed by atoms with Crippen molar-refractivity contribution in [2.24, 2.45) is 0 Å². The summed E-state index contributed by atoms with van der Waals surface area (Å²) < 4.78 is 5.33. The maximum atomic E-state index is 12.7.